The second-order valence-corrected chi connectivity index (χ2v) is 9.30. The zero-order valence-corrected chi connectivity index (χ0v) is 19.3. The molecule has 0 radical (unpaired) electrons. The number of fused-ring (bicyclic) bond motifs is 1. The van der Waals surface area contributed by atoms with Crippen LogP contribution < -0.4 is 5.73 Å². The van der Waals surface area contributed by atoms with Crippen molar-refractivity contribution >= 4 is 11.8 Å². The van der Waals surface area contributed by atoms with E-state index in [-0.39, 0.29) is 66.9 Å². The summed E-state index contributed by atoms with van der Waals surface area (Å²) in [4.78, 5) is 36.1. The third-order valence-corrected chi connectivity index (χ3v) is 6.40. The van der Waals surface area contributed by atoms with Gasteiger partial charge in [0.15, 0.2) is 11.5 Å². The van der Waals surface area contributed by atoms with Crippen LogP contribution in [0.1, 0.15) is 43.1 Å². The number of aromatic nitrogens is 2. The number of nitrogens with zero attached hydrogens (tertiary/aromatic N) is 4. The van der Waals surface area contributed by atoms with Gasteiger partial charge < -0.3 is 15.5 Å². The summed E-state index contributed by atoms with van der Waals surface area (Å²) in [5.41, 5.74) is 5.23. The van der Waals surface area contributed by atoms with E-state index >= 15 is 0 Å². The molecule has 2 aliphatic heterocycles. The molecule has 2 atom stereocenters. The molecule has 35 heavy (non-hydrogen) atoms. The lowest BCUT2D eigenvalue weighted by molar-refractivity contribution is -0.142. The normalized spacial score (nSPS) is 19.5. The molecule has 0 bridgehead atoms. The number of hydrogen-bond donors (Lipinski definition) is 1. The van der Waals surface area contributed by atoms with Gasteiger partial charge in [-0.1, -0.05) is 19.1 Å². The van der Waals surface area contributed by atoms with Crippen LogP contribution in [0.3, 0.4) is 0 Å². The van der Waals surface area contributed by atoms with Crippen LogP contribution in [-0.4, -0.2) is 57.3 Å². The van der Waals surface area contributed by atoms with Crippen molar-refractivity contribution in [1.82, 2.24) is 19.8 Å². The van der Waals surface area contributed by atoms with Gasteiger partial charge in [0.05, 0.1) is 12.2 Å². The van der Waals surface area contributed by atoms with E-state index in [1.165, 1.54) is 23.1 Å². The number of carbonyl (C=O) groups is 2. The summed E-state index contributed by atoms with van der Waals surface area (Å²) < 4.78 is 55.0. The van der Waals surface area contributed by atoms with Crippen molar-refractivity contribution < 1.29 is 27.2 Å². The van der Waals surface area contributed by atoms with Crippen LogP contribution >= 0.6 is 0 Å². The predicted octanol–water partition coefficient (Wildman–Crippen LogP) is 3.16. The lowest BCUT2D eigenvalue weighted by Crippen LogP contribution is -2.48. The number of amides is 2. The molecule has 11 heteroatoms. The zero-order valence-electron chi connectivity index (χ0n) is 19.3. The largest absolute Gasteiger partial charge is 0.433 e. The maximum Gasteiger partial charge on any atom is 0.433 e. The highest BCUT2D eigenvalue weighted by Gasteiger charge is 2.39. The molecule has 188 valence electrons. The molecular weight excluding hydrogens is 466 g/mol. The molecule has 7 nitrogen and oxygen atoms in total. The summed E-state index contributed by atoms with van der Waals surface area (Å²) >= 11 is 0. The second kappa shape index (κ2) is 9.88. The van der Waals surface area contributed by atoms with Crippen molar-refractivity contribution in [3.05, 3.63) is 47.0 Å². The van der Waals surface area contributed by atoms with Crippen LogP contribution in [-0.2, 0) is 28.7 Å². The Balaban J connectivity index is 1.51. The molecule has 2 aromatic rings. The molecule has 0 aliphatic carbocycles. The van der Waals surface area contributed by atoms with E-state index in [0.717, 1.165) is 12.5 Å². The maximum atomic E-state index is 13.8. The molecule has 2 N–H and O–H groups in total. The van der Waals surface area contributed by atoms with Gasteiger partial charge in [-0.25, -0.2) is 14.4 Å². The number of alkyl halides is 3. The number of rotatable bonds is 5. The fourth-order valence-electron chi connectivity index (χ4n) is 4.61. The second-order valence-electron chi connectivity index (χ2n) is 9.30. The van der Waals surface area contributed by atoms with E-state index in [1.54, 1.807) is 4.90 Å². The number of benzene rings is 1. The molecule has 1 saturated heterocycles. The zero-order chi connectivity index (χ0) is 25.3. The van der Waals surface area contributed by atoms with Crippen molar-refractivity contribution in [2.24, 2.45) is 11.7 Å². The van der Waals surface area contributed by atoms with Crippen LogP contribution in [0.25, 0.3) is 11.4 Å². The van der Waals surface area contributed by atoms with Crippen molar-refractivity contribution in [3.63, 3.8) is 0 Å². The number of nitrogens with two attached hydrogens (primary N) is 1. The van der Waals surface area contributed by atoms with Gasteiger partial charge in [-0.05, 0) is 30.9 Å². The number of piperidine rings is 1. The molecular formula is C24H27F4N5O2. The molecule has 4 rings (SSSR count). The smallest absolute Gasteiger partial charge is 0.341 e. The van der Waals surface area contributed by atoms with Crippen molar-refractivity contribution in [3.8, 4) is 11.4 Å². The molecule has 1 aromatic heterocycles. The Bertz CT molecular complexity index is 1120. The van der Waals surface area contributed by atoms with Gasteiger partial charge in [-0.2, -0.15) is 13.2 Å². The third kappa shape index (κ3) is 5.77. The SMILES string of the molecule is C[C@@H]1CCC(=O)N(C[C@@H](N)CC(=O)N2CCc3c(nc(-c4cccc(F)c4)nc3C(F)(F)F)C2)C1. The lowest BCUT2D eigenvalue weighted by Gasteiger charge is -2.34. The first-order chi connectivity index (χ1) is 16.5. The van der Waals surface area contributed by atoms with Crippen LogP contribution in [0.15, 0.2) is 24.3 Å². The van der Waals surface area contributed by atoms with E-state index in [1.807, 2.05) is 0 Å². The highest BCUT2D eigenvalue weighted by atomic mass is 19.4. The molecule has 2 amide bonds. The Labute approximate surface area is 200 Å². The first kappa shape index (κ1) is 25.0. The topological polar surface area (TPSA) is 92.4 Å². The highest BCUT2D eigenvalue weighted by molar-refractivity contribution is 5.78. The molecule has 0 unspecified atom stereocenters. The minimum atomic E-state index is -4.72. The summed E-state index contributed by atoms with van der Waals surface area (Å²) in [6.07, 6.45) is -3.53. The Hall–Kier alpha value is -3.08. The van der Waals surface area contributed by atoms with Gasteiger partial charge in [0.1, 0.15) is 5.82 Å². The van der Waals surface area contributed by atoms with E-state index in [0.29, 0.717) is 18.9 Å². The average Bonchev–Trinajstić information content (AvgIpc) is 2.79. The molecule has 1 fully saturated rings. The lowest BCUT2D eigenvalue weighted by atomic mass is 9.98. The molecule has 1 aromatic carbocycles. The molecule has 3 heterocycles. The number of carbonyl (C=O) groups excluding carboxylic acids is 2. The Morgan fingerprint density at radius 1 is 1.26 bits per heavy atom. The van der Waals surface area contributed by atoms with Crippen LogP contribution in [0.4, 0.5) is 17.6 Å². The first-order valence-corrected chi connectivity index (χ1v) is 11.5. The van der Waals surface area contributed by atoms with Crippen LogP contribution in [0.2, 0.25) is 0 Å². The van der Waals surface area contributed by atoms with E-state index in [4.69, 9.17) is 5.73 Å². The average molecular weight is 494 g/mol. The van der Waals surface area contributed by atoms with Crippen LogP contribution in [0.5, 0.6) is 0 Å². The number of halogens is 4. The van der Waals surface area contributed by atoms with Gasteiger partial charge in [-0.3, -0.25) is 9.59 Å². The molecule has 0 spiro atoms. The summed E-state index contributed by atoms with van der Waals surface area (Å²) in [6, 6.07) is 4.45. The number of hydrogen-bond acceptors (Lipinski definition) is 5. The standard InChI is InChI=1S/C24H27F4N5O2/c1-14-5-6-20(34)33(11-14)12-17(29)10-21(35)32-8-7-18-19(13-32)30-23(31-22(18)24(26,27)28)15-3-2-4-16(25)9-15/h2-4,9,14,17H,5-8,10-13,29H2,1H3/t14-,17+/m1/s1. The monoisotopic (exact) mass is 493 g/mol. The minimum absolute atomic E-state index is 0.0131. The summed E-state index contributed by atoms with van der Waals surface area (Å²) in [5, 5.41) is 0. The maximum absolute atomic E-state index is 13.8. The number of likely N-dealkylation sites (tertiary alicyclic amines) is 1. The van der Waals surface area contributed by atoms with Crippen LogP contribution in [0, 0.1) is 11.7 Å². The Morgan fingerprint density at radius 2 is 2.03 bits per heavy atom. The van der Waals surface area contributed by atoms with Crippen molar-refractivity contribution in [2.75, 3.05) is 19.6 Å². The summed E-state index contributed by atoms with van der Waals surface area (Å²) in [6.45, 7) is 2.84. The molecule has 2 aliphatic rings. The van der Waals surface area contributed by atoms with E-state index in [9.17, 15) is 27.2 Å². The van der Waals surface area contributed by atoms with E-state index < -0.39 is 23.7 Å². The summed E-state index contributed by atoms with van der Waals surface area (Å²) in [7, 11) is 0. The fourth-order valence-corrected chi connectivity index (χ4v) is 4.61. The van der Waals surface area contributed by atoms with Gasteiger partial charge in [-0.15, -0.1) is 0 Å². The quantitative estimate of drug-likeness (QED) is 0.646. The van der Waals surface area contributed by atoms with E-state index in [2.05, 4.69) is 16.9 Å². The predicted molar refractivity (Wildman–Crippen MR) is 119 cm³/mol. The fraction of sp³-hybridized carbons (Fsp3) is 0.500. The van der Waals surface area contributed by atoms with Crippen molar-refractivity contribution in [2.45, 2.75) is 51.4 Å². The van der Waals surface area contributed by atoms with Gasteiger partial charge in [0, 0.05) is 49.6 Å². The van der Waals surface area contributed by atoms with Crippen molar-refractivity contribution in [1.29, 1.82) is 0 Å². The van der Waals surface area contributed by atoms with Gasteiger partial charge in [0.25, 0.3) is 0 Å². The highest BCUT2D eigenvalue weighted by Crippen LogP contribution is 2.35. The van der Waals surface area contributed by atoms with Gasteiger partial charge in [0.2, 0.25) is 11.8 Å². The first-order valence-electron chi connectivity index (χ1n) is 11.5. The Kier molecular flexibility index (Phi) is 7.07. The molecule has 0 saturated carbocycles. The summed E-state index contributed by atoms with van der Waals surface area (Å²) in [5.74, 6) is -0.813. The van der Waals surface area contributed by atoms with Gasteiger partial charge >= 0.3 is 6.18 Å². The third-order valence-electron chi connectivity index (χ3n) is 6.40. The Morgan fingerprint density at radius 3 is 2.74 bits per heavy atom. The minimum Gasteiger partial charge on any atom is -0.341 e.